The van der Waals surface area contributed by atoms with Crippen molar-refractivity contribution in [3.8, 4) is 0 Å². The van der Waals surface area contributed by atoms with Gasteiger partial charge in [0.15, 0.2) is 0 Å². The molecule has 0 bridgehead atoms. The van der Waals surface area contributed by atoms with Crippen molar-refractivity contribution in [1.82, 2.24) is 9.21 Å². The first-order valence-electron chi connectivity index (χ1n) is 8.80. The predicted molar refractivity (Wildman–Crippen MR) is 104 cm³/mol. The van der Waals surface area contributed by atoms with Crippen LogP contribution in [0.5, 0.6) is 0 Å². The molecule has 1 aliphatic heterocycles. The van der Waals surface area contributed by atoms with E-state index in [4.69, 9.17) is 0 Å². The summed E-state index contributed by atoms with van der Waals surface area (Å²) in [7, 11) is -3.24. The van der Waals surface area contributed by atoms with Gasteiger partial charge in [0.25, 0.3) is 0 Å². The summed E-state index contributed by atoms with van der Waals surface area (Å²) in [6.45, 7) is 8.86. The summed E-state index contributed by atoms with van der Waals surface area (Å²) in [5.41, 5.74) is 2.27. The average Bonchev–Trinajstić information content (AvgIpc) is 2.84. The van der Waals surface area contributed by atoms with Crippen molar-refractivity contribution in [2.24, 2.45) is 0 Å². The number of likely N-dealkylation sites (N-methyl/N-ethyl adjacent to an activating group) is 1. The van der Waals surface area contributed by atoms with Crippen LogP contribution in [-0.4, -0.2) is 54.2 Å². The lowest BCUT2D eigenvalue weighted by Crippen LogP contribution is -2.41. The predicted octanol–water partition coefficient (Wildman–Crippen LogP) is 3.02. The van der Waals surface area contributed by atoms with Gasteiger partial charge >= 0.3 is 0 Å². The van der Waals surface area contributed by atoms with Crippen molar-refractivity contribution in [2.45, 2.75) is 44.7 Å². The van der Waals surface area contributed by atoms with Gasteiger partial charge in [0.05, 0.1) is 11.0 Å². The highest BCUT2D eigenvalue weighted by Gasteiger charge is 2.38. The van der Waals surface area contributed by atoms with E-state index in [9.17, 15) is 13.2 Å². The molecular formula is C18H28N2O3S2. The van der Waals surface area contributed by atoms with Gasteiger partial charge in [-0.1, -0.05) is 43.7 Å². The zero-order valence-corrected chi connectivity index (χ0v) is 17.1. The fraction of sp³-hybridized carbons (Fsp3) is 0.611. The standard InChI is InChI=1S/C18H28N2O3S2/c1-5-13-25(22,23)19(6-2)11-12-20-17(21)15(4)24-18(20)16-9-7-14(3)8-10-16/h7-10,15,18H,5-6,11-13H2,1-4H3. The molecule has 25 heavy (non-hydrogen) atoms. The first kappa shape index (κ1) is 20.3. The number of carbonyl (C=O) groups excluding carboxylic acids is 1. The molecule has 5 nitrogen and oxygen atoms in total. The van der Waals surface area contributed by atoms with Crippen molar-refractivity contribution in [3.63, 3.8) is 0 Å². The average molecular weight is 385 g/mol. The molecule has 2 unspecified atom stereocenters. The van der Waals surface area contributed by atoms with Crippen molar-refractivity contribution in [2.75, 3.05) is 25.4 Å². The lowest BCUT2D eigenvalue weighted by atomic mass is 10.1. The van der Waals surface area contributed by atoms with Crippen molar-refractivity contribution < 1.29 is 13.2 Å². The minimum absolute atomic E-state index is 0.0457. The number of amides is 1. The quantitative estimate of drug-likeness (QED) is 0.691. The van der Waals surface area contributed by atoms with Crippen LogP contribution in [0.4, 0.5) is 0 Å². The minimum Gasteiger partial charge on any atom is -0.324 e. The largest absolute Gasteiger partial charge is 0.324 e. The summed E-state index contributed by atoms with van der Waals surface area (Å²) in [4.78, 5) is 14.4. The second-order valence-corrected chi connectivity index (χ2v) is 9.89. The van der Waals surface area contributed by atoms with Gasteiger partial charge in [0.2, 0.25) is 15.9 Å². The molecule has 7 heteroatoms. The molecule has 140 valence electrons. The highest BCUT2D eigenvalue weighted by atomic mass is 32.2. The number of aryl methyl sites for hydroxylation is 1. The second-order valence-electron chi connectivity index (χ2n) is 6.38. The topological polar surface area (TPSA) is 57.7 Å². The maximum Gasteiger partial charge on any atom is 0.236 e. The third-order valence-corrected chi connectivity index (χ3v) is 7.95. The first-order valence-corrected chi connectivity index (χ1v) is 11.4. The number of nitrogens with zero attached hydrogens (tertiary/aromatic N) is 2. The van der Waals surface area contributed by atoms with Crippen LogP contribution < -0.4 is 0 Å². The van der Waals surface area contributed by atoms with Crippen LogP contribution >= 0.6 is 11.8 Å². The fourth-order valence-corrected chi connectivity index (χ4v) is 5.83. The van der Waals surface area contributed by atoms with Crippen LogP contribution in [-0.2, 0) is 14.8 Å². The molecule has 0 saturated carbocycles. The number of sulfonamides is 1. The summed E-state index contributed by atoms with van der Waals surface area (Å²) in [5, 5.41) is -0.149. The number of rotatable bonds is 8. The van der Waals surface area contributed by atoms with Gasteiger partial charge < -0.3 is 4.90 Å². The first-order chi connectivity index (χ1) is 11.8. The van der Waals surface area contributed by atoms with Gasteiger partial charge in [-0.15, -0.1) is 11.8 Å². The van der Waals surface area contributed by atoms with E-state index in [0.717, 1.165) is 5.56 Å². The van der Waals surface area contributed by atoms with Gasteiger partial charge in [-0.25, -0.2) is 12.7 Å². The Morgan fingerprint density at radius 1 is 1.20 bits per heavy atom. The van der Waals surface area contributed by atoms with Gasteiger partial charge in [-0.2, -0.15) is 0 Å². The maximum absolute atomic E-state index is 12.6. The lowest BCUT2D eigenvalue weighted by molar-refractivity contribution is -0.129. The van der Waals surface area contributed by atoms with Gasteiger partial charge in [-0.05, 0) is 25.8 Å². The summed E-state index contributed by atoms with van der Waals surface area (Å²) >= 11 is 1.63. The van der Waals surface area contributed by atoms with Crippen LogP contribution in [0.25, 0.3) is 0 Å². The molecular weight excluding hydrogens is 356 g/mol. The molecule has 1 heterocycles. The second kappa shape index (κ2) is 8.56. The van der Waals surface area contributed by atoms with E-state index in [1.165, 1.54) is 9.87 Å². The molecule has 1 aromatic carbocycles. The molecule has 0 spiro atoms. The molecule has 0 aliphatic carbocycles. The van der Waals surface area contributed by atoms with E-state index in [0.29, 0.717) is 26.1 Å². The Morgan fingerprint density at radius 3 is 2.40 bits per heavy atom. The molecule has 1 fully saturated rings. The van der Waals surface area contributed by atoms with E-state index in [2.05, 4.69) is 12.1 Å². The third kappa shape index (κ3) is 4.77. The SMILES string of the molecule is CCCS(=O)(=O)N(CC)CCN1C(=O)C(C)SC1c1ccc(C)cc1. The van der Waals surface area contributed by atoms with Crippen molar-refractivity contribution in [1.29, 1.82) is 0 Å². The van der Waals surface area contributed by atoms with Crippen LogP contribution in [0.3, 0.4) is 0 Å². The van der Waals surface area contributed by atoms with Crippen molar-refractivity contribution >= 4 is 27.7 Å². The smallest absolute Gasteiger partial charge is 0.236 e. The van der Waals surface area contributed by atoms with E-state index in [1.54, 1.807) is 11.8 Å². The third-order valence-electron chi connectivity index (χ3n) is 4.41. The maximum atomic E-state index is 12.6. The summed E-state index contributed by atoms with van der Waals surface area (Å²) in [6, 6.07) is 8.20. The highest BCUT2D eigenvalue weighted by Crippen LogP contribution is 2.42. The van der Waals surface area contributed by atoms with Crippen LogP contribution in [0.15, 0.2) is 24.3 Å². The lowest BCUT2D eigenvalue weighted by Gasteiger charge is -2.28. The van der Waals surface area contributed by atoms with Crippen LogP contribution in [0.2, 0.25) is 0 Å². The Labute approximate surface area is 155 Å². The minimum atomic E-state index is -3.24. The molecule has 0 aromatic heterocycles. The van der Waals surface area contributed by atoms with E-state index < -0.39 is 10.0 Å². The van der Waals surface area contributed by atoms with E-state index >= 15 is 0 Å². The molecule has 0 N–H and O–H groups in total. The van der Waals surface area contributed by atoms with Crippen LogP contribution in [0, 0.1) is 6.92 Å². The molecule has 1 saturated heterocycles. The zero-order valence-electron chi connectivity index (χ0n) is 15.4. The Bertz CT molecular complexity index is 689. The molecule has 1 amide bonds. The van der Waals surface area contributed by atoms with Crippen LogP contribution in [0.1, 0.15) is 43.7 Å². The number of thioether (sulfide) groups is 1. The van der Waals surface area contributed by atoms with Gasteiger partial charge in [-0.3, -0.25) is 4.79 Å². The summed E-state index contributed by atoms with van der Waals surface area (Å²) < 4.78 is 26.1. The summed E-state index contributed by atoms with van der Waals surface area (Å²) in [5.74, 6) is 0.237. The monoisotopic (exact) mass is 384 g/mol. The number of hydrogen-bond donors (Lipinski definition) is 0. The Hall–Kier alpha value is -1.05. The number of hydrogen-bond acceptors (Lipinski definition) is 4. The van der Waals surface area contributed by atoms with E-state index in [1.807, 2.05) is 44.7 Å². The van der Waals surface area contributed by atoms with E-state index in [-0.39, 0.29) is 22.3 Å². The number of carbonyl (C=O) groups is 1. The zero-order chi connectivity index (χ0) is 18.6. The summed E-state index contributed by atoms with van der Waals surface area (Å²) in [6.07, 6.45) is 0.598. The molecule has 2 atom stereocenters. The molecule has 2 rings (SSSR count). The number of benzene rings is 1. The van der Waals surface area contributed by atoms with Gasteiger partial charge in [0, 0.05) is 19.6 Å². The molecule has 1 aliphatic rings. The molecule has 1 aromatic rings. The Balaban J connectivity index is 2.14. The fourth-order valence-electron chi connectivity index (χ4n) is 2.99. The highest BCUT2D eigenvalue weighted by molar-refractivity contribution is 8.01. The Morgan fingerprint density at radius 2 is 1.84 bits per heavy atom. The van der Waals surface area contributed by atoms with Gasteiger partial charge in [0.1, 0.15) is 5.37 Å². The Kier molecular flexibility index (Phi) is 6.93. The molecule has 0 radical (unpaired) electrons. The normalized spacial score (nSPS) is 21.3. The van der Waals surface area contributed by atoms with Crippen molar-refractivity contribution in [3.05, 3.63) is 35.4 Å².